The van der Waals surface area contributed by atoms with Crippen LogP contribution in [0.25, 0.3) is 134 Å². The second-order valence-corrected chi connectivity index (χ2v) is 23.3. The third-order valence-corrected chi connectivity index (χ3v) is 18.1. The summed E-state index contributed by atoms with van der Waals surface area (Å²) in [5.74, 6) is 0. The van der Waals surface area contributed by atoms with Crippen LogP contribution in [0.5, 0.6) is 0 Å². The molecule has 0 bridgehead atoms. The zero-order valence-corrected chi connectivity index (χ0v) is 45.3. The summed E-state index contributed by atoms with van der Waals surface area (Å²) in [7, 11) is 0. The molecule has 0 atom stereocenters. The summed E-state index contributed by atoms with van der Waals surface area (Å²) in [6.07, 6.45) is 4.47. The summed E-state index contributed by atoms with van der Waals surface area (Å²) in [6, 6.07) is 95.1. The number of hydrogen-bond acceptors (Lipinski definition) is 0. The molecule has 0 aliphatic heterocycles. The highest BCUT2D eigenvalue weighted by molar-refractivity contribution is 6.12. The SMILES string of the molecule is CC1(C)c2cc(-c3ccc(/C=C/c4ccc5c(c4)c4ccccc4n5-c4ccccc4)cc3)ccc2-c2ccc(-c3ccc4c(c3)C(C)(C)c3cc(-c5ccc6c(c5)c5ccccc5n6-c5ccc6ccccc6c5)ccc3-4)cc21. The number of aromatic nitrogens is 2. The van der Waals surface area contributed by atoms with Crippen LogP contribution in [0.3, 0.4) is 0 Å². The molecule has 0 saturated carbocycles. The number of para-hydroxylation sites is 3. The average Bonchev–Trinajstić information content (AvgIpc) is 4.33. The third kappa shape index (κ3) is 7.05. The quantitative estimate of drug-likeness (QED) is 0.141. The topological polar surface area (TPSA) is 9.86 Å². The first kappa shape index (κ1) is 46.3. The molecule has 2 aliphatic rings. The predicted octanol–water partition coefficient (Wildman–Crippen LogP) is 20.8. The molecule has 80 heavy (non-hydrogen) atoms. The second kappa shape index (κ2) is 17.4. The minimum absolute atomic E-state index is 0.162. The number of nitrogens with zero attached hydrogens (tertiary/aromatic N) is 2. The van der Waals surface area contributed by atoms with Crippen molar-refractivity contribution in [3.05, 3.63) is 288 Å². The lowest BCUT2D eigenvalue weighted by molar-refractivity contribution is 0.660. The van der Waals surface area contributed by atoms with E-state index in [1.807, 2.05) is 0 Å². The van der Waals surface area contributed by atoms with E-state index in [0.717, 1.165) is 0 Å². The Balaban J connectivity index is 0.659. The van der Waals surface area contributed by atoms with Crippen molar-refractivity contribution in [1.82, 2.24) is 9.13 Å². The summed E-state index contributed by atoms with van der Waals surface area (Å²) in [5.41, 5.74) is 27.6. The number of benzene rings is 12. The van der Waals surface area contributed by atoms with E-state index in [-0.39, 0.29) is 10.8 Å². The van der Waals surface area contributed by atoms with Gasteiger partial charge in [-0.2, -0.15) is 0 Å². The van der Waals surface area contributed by atoms with Crippen molar-refractivity contribution < 1.29 is 0 Å². The number of hydrogen-bond donors (Lipinski definition) is 0. The van der Waals surface area contributed by atoms with Gasteiger partial charge >= 0.3 is 0 Å². The molecule has 0 spiro atoms. The molecule has 2 nitrogen and oxygen atoms in total. The average molecular weight is 1020 g/mol. The number of rotatable bonds is 7. The van der Waals surface area contributed by atoms with Crippen molar-refractivity contribution in [2.24, 2.45) is 0 Å². The van der Waals surface area contributed by atoms with Gasteiger partial charge in [-0.25, -0.2) is 0 Å². The molecule has 2 aromatic heterocycles. The first-order valence-corrected chi connectivity index (χ1v) is 28.1. The van der Waals surface area contributed by atoms with Crippen molar-refractivity contribution in [1.29, 1.82) is 0 Å². The van der Waals surface area contributed by atoms with Crippen LogP contribution in [-0.2, 0) is 10.8 Å². The maximum atomic E-state index is 2.47. The van der Waals surface area contributed by atoms with Crippen LogP contribution < -0.4 is 0 Å². The molecule has 2 heterocycles. The molecular weight excluding hydrogens is 965 g/mol. The van der Waals surface area contributed by atoms with E-state index in [1.165, 1.54) is 155 Å². The standard InChI is InChI=1S/C78H56N2/c1-77(2)69-45-55(52-27-24-49(25-28-52)22-23-50-26-40-75-67(42-50)65-18-10-12-20-73(65)79(75)59-16-6-5-7-17-59)30-36-61(69)63-38-32-57(47-71(63)77)58-33-39-64-62-37-31-56(46-70(62)78(3,4)72(64)48-58)54-34-41-76-68(44-54)66-19-11-13-21-74(66)80(76)60-35-29-51-14-8-9-15-53(51)43-60/h5-48H,1-4H3/b23-22+. The van der Waals surface area contributed by atoms with Gasteiger partial charge in [-0.05, 0) is 185 Å². The molecule has 0 N–H and O–H groups in total. The monoisotopic (exact) mass is 1020 g/mol. The molecule has 2 heteroatoms. The highest BCUT2D eigenvalue weighted by Gasteiger charge is 2.38. The van der Waals surface area contributed by atoms with Gasteiger partial charge in [0.1, 0.15) is 0 Å². The molecule has 0 amide bonds. The van der Waals surface area contributed by atoms with E-state index < -0.39 is 0 Å². The van der Waals surface area contributed by atoms with Crippen molar-refractivity contribution in [2.45, 2.75) is 38.5 Å². The van der Waals surface area contributed by atoms with Gasteiger partial charge in [-0.15, -0.1) is 0 Å². The third-order valence-electron chi connectivity index (χ3n) is 18.1. The highest BCUT2D eigenvalue weighted by atomic mass is 15.0. The first-order chi connectivity index (χ1) is 39.1. The summed E-state index contributed by atoms with van der Waals surface area (Å²) >= 11 is 0. The maximum absolute atomic E-state index is 2.47. The summed E-state index contributed by atoms with van der Waals surface area (Å²) < 4.78 is 4.79. The lowest BCUT2D eigenvalue weighted by Crippen LogP contribution is -2.15. The Bertz CT molecular complexity index is 4920. The summed E-state index contributed by atoms with van der Waals surface area (Å²) in [4.78, 5) is 0. The van der Waals surface area contributed by atoms with Gasteiger partial charge in [0, 0.05) is 43.7 Å². The zero-order chi connectivity index (χ0) is 53.4. The van der Waals surface area contributed by atoms with Gasteiger partial charge in [0.15, 0.2) is 0 Å². The summed E-state index contributed by atoms with van der Waals surface area (Å²) in [5, 5.41) is 7.56. The highest BCUT2D eigenvalue weighted by Crippen LogP contribution is 2.53. The Morgan fingerprint density at radius 2 is 0.662 bits per heavy atom. The van der Waals surface area contributed by atoms with Crippen LogP contribution in [0.15, 0.2) is 255 Å². The zero-order valence-electron chi connectivity index (χ0n) is 45.3. The first-order valence-electron chi connectivity index (χ1n) is 28.1. The van der Waals surface area contributed by atoms with E-state index in [9.17, 15) is 0 Å². The second-order valence-electron chi connectivity index (χ2n) is 23.3. The van der Waals surface area contributed by atoms with Crippen molar-refractivity contribution in [3.8, 4) is 67.0 Å². The summed E-state index contributed by atoms with van der Waals surface area (Å²) in [6.45, 7) is 9.61. The van der Waals surface area contributed by atoms with Crippen molar-refractivity contribution >= 4 is 66.5 Å². The minimum atomic E-state index is -0.175. The van der Waals surface area contributed by atoms with Crippen LogP contribution in [0.1, 0.15) is 61.1 Å². The van der Waals surface area contributed by atoms with E-state index in [1.54, 1.807) is 0 Å². The largest absolute Gasteiger partial charge is 0.309 e. The van der Waals surface area contributed by atoms with Gasteiger partial charge in [-0.1, -0.05) is 210 Å². The van der Waals surface area contributed by atoms with E-state index >= 15 is 0 Å². The van der Waals surface area contributed by atoms with Crippen LogP contribution in [0.4, 0.5) is 0 Å². The van der Waals surface area contributed by atoms with Gasteiger partial charge < -0.3 is 9.13 Å². The van der Waals surface area contributed by atoms with E-state index in [2.05, 4.69) is 304 Å². The fourth-order valence-electron chi connectivity index (χ4n) is 13.9. The smallest absolute Gasteiger partial charge is 0.0541 e. The molecule has 2 aliphatic carbocycles. The molecule has 0 unspecified atom stereocenters. The van der Waals surface area contributed by atoms with Crippen molar-refractivity contribution in [3.63, 3.8) is 0 Å². The lowest BCUT2D eigenvalue weighted by atomic mass is 9.79. The Morgan fingerprint density at radius 1 is 0.263 bits per heavy atom. The van der Waals surface area contributed by atoms with E-state index in [4.69, 9.17) is 0 Å². The molecule has 14 aromatic rings. The molecule has 0 radical (unpaired) electrons. The van der Waals surface area contributed by atoms with Gasteiger partial charge in [0.2, 0.25) is 0 Å². The Kier molecular flexibility index (Phi) is 10.1. The normalized spacial score (nSPS) is 13.9. The van der Waals surface area contributed by atoms with Gasteiger partial charge in [-0.3, -0.25) is 0 Å². The van der Waals surface area contributed by atoms with Crippen LogP contribution in [-0.4, -0.2) is 9.13 Å². The molecule has 0 saturated heterocycles. The molecule has 16 rings (SSSR count). The van der Waals surface area contributed by atoms with Gasteiger partial charge in [0.05, 0.1) is 22.1 Å². The Morgan fingerprint density at radius 3 is 1.24 bits per heavy atom. The van der Waals surface area contributed by atoms with Crippen LogP contribution in [0, 0.1) is 0 Å². The Labute approximate surface area is 466 Å². The van der Waals surface area contributed by atoms with Crippen LogP contribution >= 0.6 is 0 Å². The van der Waals surface area contributed by atoms with Crippen LogP contribution in [0.2, 0.25) is 0 Å². The maximum Gasteiger partial charge on any atom is 0.0541 e. The fraction of sp³-hybridized carbons (Fsp3) is 0.0769. The van der Waals surface area contributed by atoms with Crippen molar-refractivity contribution in [2.75, 3.05) is 0 Å². The molecule has 0 fully saturated rings. The van der Waals surface area contributed by atoms with Gasteiger partial charge in [0.25, 0.3) is 0 Å². The predicted molar refractivity (Wildman–Crippen MR) is 339 cm³/mol. The minimum Gasteiger partial charge on any atom is -0.309 e. The molecule has 12 aromatic carbocycles. The fourth-order valence-corrected chi connectivity index (χ4v) is 13.9. The van der Waals surface area contributed by atoms with E-state index in [0.29, 0.717) is 0 Å². The molecular formula is C78H56N2. The number of fused-ring (bicyclic) bond motifs is 13. The Hall–Kier alpha value is -9.76. The molecule has 378 valence electrons. The lowest BCUT2D eigenvalue weighted by Gasteiger charge is -2.24.